The van der Waals surface area contributed by atoms with E-state index in [0.717, 1.165) is 23.6 Å². The van der Waals surface area contributed by atoms with Gasteiger partial charge in [0.15, 0.2) is 6.54 Å². The molecule has 0 spiro atoms. The molecule has 0 saturated carbocycles. The van der Waals surface area contributed by atoms with Gasteiger partial charge >= 0.3 is 0 Å². The highest BCUT2D eigenvalue weighted by molar-refractivity contribution is 6.39. The Morgan fingerprint density at radius 1 is 1.08 bits per heavy atom. The molecule has 0 aliphatic heterocycles. The predicted molar refractivity (Wildman–Crippen MR) is 98.3 cm³/mol. The zero-order valence-corrected chi connectivity index (χ0v) is 15.0. The summed E-state index contributed by atoms with van der Waals surface area (Å²) in [5.41, 5.74) is 0.464. The van der Waals surface area contributed by atoms with Crippen LogP contribution in [0.3, 0.4) is 0 Å². The number of para-hydroxylation sites is 2. The molecule has 6 heteroatoms. The van der Waals surface area contributed by atoms with Crippen molar-refractivity contribution >= 4 is 34.8 Å². The Bertz CT molecular complexity index is 645. The molecule has 1 atom stereocenters. The molecular weight excluding hydrogens is 347 g/mol. The van der Waals surface area contributed by atoms with Crippen LogP contribution in [0.5, 0.6) is 5.75 Å². The lowest BCUT2D eigenvalue weighted by Crippen LogP contribution is -3.10. The molecule has 0 aliphatic carbocycles. The fourth-order valence-corrected chi connectivity index (χ4v) is 2.74. The number of halogens is 2. The number of hydrogen-bond acceptors (Lipinski definition) is 2. The summed E-state index contributed by atoms with van der Waals surface area (Å²) in [5, 5.41) is 3.64. The minimum Gasteiger partial charge on any atom is -0.493 e. The number of hydrogen-bond donors (Lipinski definition) is 2. The predicted octanol–water partition coefficient (Wildman–Crippen LogP) is 2.92. The third-order valence-corrected chi connectivity index (χ3v) is 4.08. The van der Waals surface area contributed by atoms with E-state index in [-0.39, 0.29) is 5.91 Å². The molecule has 128 valence electrons. The summed E-state index contributed by atoms with van der Waals surface area (Å²) in [7, 11) is 1.97. The van der Waals surface area contributed by atoms with Crippen LogP contribution in [0.4, 0.5) is 5.69 Å². The number of likely N-dealkylation sites (N-methyl/N-ethyl adjacent to an activating group) is 1. The van der Waals surface area contributed by atoms with E-state index in [1.165, 1.54) is 0 Å². The number of amides is 1. The second-order valence-electron chi connectivity index (χ2n) is 5.54. The smallest absolute Gasteiger partial charge is 0.279 e. The van der Waals surface area contributed by atoms with Gasteiger partial charge in [0.05, 0.1) is 35.9 Å². The Balaban J connectivity index is 1.70. The molecular formula is C18H21Cl2N2O2+. The number of carbonyl (C=O) groups is 1. The summed E-state index contributed by atoms with van der Waals surface area (Å²) in [5.74, 6) is 0.743. The first-order valence-electron chi connectivity index (χ1n) is 7.79. The van der Waals surface area contributed by atoms with Gasteiger partial charge in [-0.3, -0.25) is 4.79 Å². The Morgan fingerprint density at radius 2 is 1.75 bits per heavy atom. The van der Waals surface area contributed by atoms with Crippen molar-refractivity contribution in [3.8, 4) is 5.75 Å². The topological polar surface area (TPSA) is 42.8 Å². The van der Waals surface area contributed by atoms with Crippen LogP contribution in [0.1, 0.15) is 6.42 Å². The molecule has 0 saturated heterocycles. The molecule has 2 rings (SSSR count). The zero-order chi connectivity index (χ0) is 17.4. The van der Waals surface area contributed by atoms with Crippen molar-refractivity contribution in [1.29, 1.82) is 0 Å². The van der Waals surface area contributed by atoms with Gasteiger partial charge in [0.1, 0.15) is 5.75 Å². The van der Waals surface area contributed by atoms with E-state index in [9.17, 15) is 4.79 Å². The van der Waals surface area contributed by atoms with E-state index in [0.29, 0.717) is 28.9 Å². The number of anilines is 1. The fraction of sp³-hybridized carbons (Fsp3) is 0.278. The van der Waals surface area contributed by atoms with Crippen molar-refractivity contribution in [3.05, 3.63) is 58.6 Å². The Labute approximate surface area is 152 Å². The molecule has 1 amide bonds. The summed E-state index contributed by atoms with van der Waals surface area (Å²) in [4.78, 5) is 13.2. The van der Waals surface area contributed by atoms with E-state index in [1.807, 2.05) is 37.4 Å². The summed E-state index contributed by atoms with van der Waals surface area (Å²) in [6.45, 7) is 1.79. The highest BCUT2D eigenvalue weighted by atomic mass is 35.5. The minimum absolute atomic E-state index is 0.119. The van der Waals surface area contributed by atoms with Gasteiger partial charge in [-0.15, -0.1) is 0 Å². The Kier molecular flexibility index (Phi) is 7.37. The maximum Gasteiger partial charge on any atom is 0.279 e. The van der Waals surface area contributed by atoms with Crippen LogP contribution < -0.4 is 15.0 Å². The van der Waals surface area contributed by atoms with E-state index in [4.69, 9.17) is 27.9 Å². The van der Waals surface area contributed by atoms with Crippen molar-refractivity contribution in [2.45, 2.75) is 6.42 Å². The van der Waals surface area contributed by atoms with E-state index >= 15 is 0 Å². The van der Waals surface area contributed by atoms with Gasteiger partial charge in [0, 0.05) is 6.42 Å². The molecule has 0 fully saturated rings. The van der Waals surface area contributed by atoms with Crippen molar-refractivity contribution in [3.63, 3.8) is 0 Å². The van der Waals surface area contributed by atoms with Crippen LogP contribution >= 0.6 is 23.2 Å². The van der Waals surface area contributed by atoms with Crippen molar-refractivity contribution in [2.75, 3.05) is 32.1 Å². The molecule has 2 N–H and O–H groups in total. The second kappa shape index (κ2) is 9.52. The van der Waals surface area contributed by atoms with Gasteiger partial charge in [0.25, 0.3) is 5.91 Å². The number of ether oxygens (including phenoxy) is 1. The quantitative estimate of drug-likeness (QED) is 0.704. The van der Waals surface area contributed by atoms with Gasteiger partial charge in [-0.1, -0.05) is 47.5 Å². The van der Waals surface area contributed by atoms with E-state index in [2.05, 4.69) is 5.32 Å². The molecule has 24 heavy (non-hydrogen) atoms. The third-order valence-electron chi connectivity index (χ3n) is 3.45. The van der Waals surface area contributed by atoms with Gasteiger partial charge in [-0.25, -0.2) is 0 Å². The highest BCUT2D eigenvalue weighted by Gasteiger charge is 2.13. The molecule has 0 radical (unpaired) electrons. The number of nitrogens with one attached hydrogen (secondary N) is 2. The Morgan fingerprint density at radius 3 is 2.42 bits per heavy atom. The maximum atomic E-state index is 12.1. The minimum atomic E-state index is -0.119. The van der Waals surface area contributed by atoms with Crippen LogP contribution in [0.25, 0.3) is 0 Å². The normalized spacial score (nSPS) is 11.8. The van der Waals surface area contributed by atoms with Gasteiger partial charge in [-0.05, 0) is 24.3 Å². The lowest BCUT2D eigenvalue weighted by molar-refractivity contribution is -0.871. The zero-order valence-electron chi connectivity index (χ0n) is 13.5. The molecule has 0 bridgehead atoms. The van der Waals surface area contributed by atoms with E-state index < -0.39 is 0 Å². The van der Waals surface area contributed by atoms with E-state index in [1.54, 1.807) is 18.2 Å². The van der Waals surface area contributed by atoms with Crippen LogP contribution in [-0.2, 0) is 4.79 Å². The third kappa shape index (κ3) is 6.04. The van der Waals surface area contributed by atoms with Crippen molar-refractivity contribution in [1.82, 2.24) is 0 Å². The molecule has 2 aromatic carbocycles. The SMILES string of the molecule is C[NH+](CCCOc1ccccc1)CC(=O)Nc1c(Cl)cccc1Cl. The van der Waals surface area contributed by atoms with Crippen molar-refractivity contribution in [2.24, 2.45) is 0 Å². The molecule has 2 aromatic rings. The summed E-state index contributed by atoms with van der Waals surface area (Å²) in [6.07, 6.45) is 0.862. The van der Waals surface area contributed by atoms with Crippen molar-refractivity contribution < 1.29 is 14.4 Å². The first-order valence-corrected chi connectivity index (χ1v) is 8.55. The molecule has 4 nitrogen and oxygen atoms in total. The summed E-state index contributed by atoms with van der Waals surface area (Å²) >= 11 is 12.1. The first kappa shape index (κ1) is 18.6. The lowest BCUT2D eigenvalue weighted by atomic mass is 10.3. The summed E-state index contributed by atoms with van der Waals surface area (Å²) in [6, 6.07) is 14.8. The lowest BCUT2D eigenvalue weighted by Gasteiger charge is -2.15. The number of carbonyl (C=O) groups excluding carboxylic acids is 1. The van der Waals surface area contributed by atoms with Crippen LogP contribution in [-0.4, -0.2) is 32.7 Å². The summed E-state index contributed by atoms with van der Waals surface area (Å²) < 4.78 is 5.64. The fourth-order valence-electron chi connectivity index (χ4n) is 2.24. The number of benzene rings is 2. The monoisotopic (exact) mass is 367 g/mol. The van der Waals surface area contributed by atoms with Gasteiger partial charge in [0.2, 0.25) is 0 Å². The number of quaternary nitrogens is 1. The van der Waals surface area contributed by atoms with Crippen LogP contribution in [0, 0.1) is 0 Å². The molecule has 0 aromatic heterocycles. The Hall–Kier alpha value is -1.75. The number of rotatable bonds is 8. The highest BCUT2D eigenvalue weighted by Crippen LogP contribution is 2.29. The standard InChI is InChI=1S/C18H20Cl2N2O2/c1-22(11-6-12-24-14-7-3-2-4-8-14)13-17(23)21-18-15(19)9-5-10-16(18)20/h2-5,7-10H,6,11-13H2,1H3,(H,21,23)/p+1. The van der Waals surface area contributed by atoms with Crippen LogP contribution in [0.15, 0.2) is 48.5 Å². The molecule has 0 heterocycles. The van der Waals surface area contributed by atoms with Gasteiger partial charge < -0.3 is 15.0 Å². The average Bonchev–Trinajstić information content (AvgIpc) is 2.56. The largest absolute Gasteiger partial charge is 0.493 e. The first-order chi connectivity index (χ1) is 11.6. The maximum absolute atomic E-state index is 12.1. The average molecular weight is 368 g/mol. The van der Waals surface area contributed by atoms with Gasteiger partial charge in [-0.2, -0.15) is 0 Å². The second-order valence-corrected chi connectivity index (χ2v) is 6.36. The molecule has 1 unspecified atom stereocenters. The van der Waals surface area contributed by atoms with Crippen LogP contribution in [0.2, 0.25) is 10.0 Å². The molecule has 0 aliphatic rings.